The highest BCUT2D eigenvalue weighted by molar-refractivity contribution is 5.94. The van der Waals surface area contributed by atoms with Gasteiger partial charge in [0.2, 0.25) is 11.8 Å². The second kappa shape index (κ2) is 8.89. The molecule has 1 unspecified atom stereocenters. The van der Waals surface area contributed by atoms with Crippen LogP contribution in [0.4, 0.5) is 0 Å². The Balaban J connectivity index is 1.37. The number of aromatic amines is 1. The number of carbonyl (C=O) groups is 2. The Hall–Kier alpha value is -3.34. The zero-order valence-corrected chi connectivity index (χ0v) is 19.4. The molecular weight excluding hydrogens is 410 g/mol. The van der Waals surface area contributed by atoms with Crippen LogP contribution in [0, 0.1) is 5.92 Å². The minimum atomic E-state index is -0.422. The van der Waals surface area contributed by atoms with Crippen LogP contribution in [-0.2, 0) is 22.6 Å². The van der Waals surface area contributed by atoms with E-state index < -0.39 is 6.04 Å². The molecule has 2 aliphatic heterocycles. The highest BCUT2D eigenvalue weighted by Crippen LogP contribution is 2.31. The smallest absolute Gasteiger partial charge is 0.246 e. The lowest BCUT2D eigenvalue weighted by molar-refractivity contribution is -0.147. The number of rotatable bonds is 4. The second-order valence-corrected chi connectivity index (χ2v) is 9.62. The lowest BCUT2D eigenvalue weighted by Gasteiger charge is -2.39. The van der Waals surface area contributed by atoms with Gasteiger partial charge in [-0.15, -0.1) is 0 Å². The van der Waals surface area contributed by atoms with E-state index in [4.69, 9.17) is 0 Å². The normalized spacial score (nSPS) is 18.4. The first kappa shape index (κ1) is 21.5. The number of benzene rings is 2. The highest BCUT2D eigenvalue weighted by Gasteiger charge is 2.37. The fraction of sp³-hybridized carbons (Fsp3) is 0.357. The number of para-hydroxylation sites is 1. The number of hydrogen-bond donors (Lipinski definition) is 1. The summed E-state index contributed by atoms with van der Waals surface area (Å²) in [6.07, 6.45) is 6.12. The van der Waals surface area contributed by atoms with Crippen LogP contribution in [0.5, 0.6) is 0 Å². The number of nitrogens with zero attached hydrogens (tertiary/aromatic N) is 2. The fourth-order valence-electron chi connectivity index (χ4n) is 5.13. The van der Waals surface area contributed by atoms with Crippen molar-refractivity contribution in [2.24, 2.45) is 5.92 Å². The summed E-state index contributed by atoms with van der Waals surface area (Å²) in [7, 11) is 0. The van der Waals surface area contributed by atoms with E-state index >= 15 is 0 Å². The third-order valence-corrected chi connectivity index (χ3v) is 6.89. The van der Waals surface area contributed by atoms with Crippen molar-refractivity contribution in [2.45, 2.75) is 45.7 Å². The summed E-state index contributed by atoms with van der Waals surface area (Å²) in [5.41, 5.74) is 5.96. The van der Waals surface area contributed by atoms with E-state index in [1.54, 1.807) is 0 Å². The van der Waals surface area contributed by atoms with Crippen molar-refractivity contribution >= 4 is 28.3 Å². The number of H-pyrrole nitrogens is 1. The molecule has 0 saturated carbocycles. The van der Waals surface area contributed by atoms with Crippen LogP contribution in [0.2, 0.25) is 0 Å². The first-order valence-electron chi connectivity index (χ1n) is 11.9. The lowest BCUT2D eigenvalue weighted by atomic mass is 9.91. The zero-order chi connectivity index (χ0) is 22.9. The molecule has 2 aliphatic rings. The third kappa shape index (κ3) is 4.20. The van der Waals surface area contributed by atoms with E-state index in [0.29, 0.717) is 32.5 Å². The Kier molecular flexibility index (Phi) is 5.79. The number of hydrogen-bond acceptors (Lipinski definition) is 2. The van der Waals surface area contributed by atoms with Gasteiger partial charge in [-0.05, 0) is 35.1 Å². The number of aromatic nitrogens is 1. The first-order chi connectivity index (χ1) is 16.0. The predicted molar refractivity (Wildman–Crippen MR) is 131 cm³/mol. The molecule has 170 valence electrons. The summed E-state index contributed by atoms with van der Waals surface area (Å²) in [5.74, 6) is 0.405. The van der Waals surface area contributed by atoms with Gasteiger partial charge in [0, 0.05) is 55.1 Å². The van der Waals surface area contributed by atoms with E-state index in [-0.39, 0.29) is 17.7 Å². The predicted octanol–water partition coefficient (Wildman–Crippen LogP) is 4.78. The molecule has 5 heteroatoms. The number of amides is 2. The number of fused-ring (bicyclic) bond motifs is 2. The van der Waals surface area contributed by atoms with Crippen LogP contribution in [0.15, 0.2) is 60.8 Å². The van der Waals surface area contributed by atoms with Gasteiger partial charge in [-0.25, -0.2) is 0 Å². The van der Waals surface area contributed by atoms with Crippen molar-refractivity contribution in [3.63, 3.8) is 0 Å². The van der Waals surface area contributed by atoms with E-state index in [9.17, 15) is 9.59 Å². The zero-order valence-electron chi connectivity index (χ0n) is 19.4. The van der Waals surface area contributed by atoms with Gasteiger partial charge in [0.15, 0.2) is 0 Å². The maximum absolute atomic E-state index is 13.7. The molecule has 0 bridgehead atoms. The Bertz CT molecular complexity index is 1220. The summed E-state index contributed by atoms with van der Waals surface area (Å²) < 4.78 is 0. The molecule has 1 aromatic heterocycles. The molecule has 1 atom stereocenters. The maximum Gasteiger partial charge on any atom is 0.246 e. The molecular formula is C28H31N3O2. The van der Waals surface area contributed by atoms with Gasteiger partial charge in [0.05, 0.1) is 0 Å². The second-order valence-electron chi connectivity index (χ2n) is 9.62. The molecule has 5 nitrogen and oxygen atoms in total. The van der Waals surface area contributed by atoms with Crippen molar-refractivity contribution in [3.05, 3.63) is 77.5 Å². The van der Waals surface area contributed by atoms with Gasteiger partial charge in [0.25, 0.3) is 0 Å². The first-order valence-corrected chi connectivity index (χ1v) is 11.9. The monoisotopic (exact) mass is 441 g/mol. The Labute approximate surface area is 195 Å². The molecule has 2 aromatic carbocycles. The minimum absolute atomic E-state index is 0.0656. The summed E-state index contributed by atoms with van der Waals surface area (Å²) in [6.45, 7) is 5.87. The molecule has 0 radical (unpaired) electrons. The van der Waals surface area contributed by atoms with Gasteiger partial charge in [-0.2, -0.15) is 0 Å². The van der Waals surface area contributed by atoms with Crippen LogP contribution in [0.3, 0.4) is 0 Å². The van der Waals surface area contributed by atoms with E-state index in [1.807, 2.05) is 41.8 Å². The van der Waals surface area contributed by atoms with Crippen LogP contribution in [0.25, 0.3) is 16.5 Å². The molecule has 0 fully saturated rings. The molecule has 3 heterocycles. The van der Waals surface area contributed by atoms with Crippen LogP contribution in [-0.4, -0.2) is 45.7 Å². The molecule has 0 spiro atoms. The maximum atomic E-state index is 13.7. The van der Waals surface area contributed by atoms with Crippen LogP contribution >= 0.6 is 0 Å². The molecule has 2 amide bonds. The highest BCUT2D eigenvalue weighted by atomic mass is 16.2. The van der Waals surface area contributed by atoms with Crippen molar-refractivity contribution in [3.8, 4) is 0 Å². The van der Waals surface area contributed by atoms with Crippen LogP contribution in [0.1, 0.15) is 43.4 Å². The minimum Gasteiger partial charge on any atom is -0.361 e. The number of nitrogens with one attached hydrogen (secondary N) is 1. The molecule has 1 N–H and O–H groups in total. The SMILES string of the molecule is CC(C)CC(=O)N1Cc2ccccc2CC1C(=O)N1CC=C(c2c[nH]c3ccccc23)CC1. The van der Waals surface area contributed by atoms with E-state index in [0.717, 1.165) is 17.5 Å². The van der Waals surface area contributed by atoms with Gasteiger partial charge in [-0.1, -0.05) is 62.4 Å². The quantitative estimate of drug-likeness (QED) is 0.633. The lowest BCUT2D eigenvalue weighted by Crippen LogP contribution is -2.54. The Morgan fingerprint density at radius 3 is 2.58 bits per heavy atom. The fourth-order valence-corrected chi connectivity index (χ4v) is 5.13. The summed E-state index contributed by atoms with van der Waals surface area (Å²) in [4.78, 5) is 33.8. The standard InChI is InChI=1S/C28H31N3O2/c1-19(2)15-27(32)31-18-22-8-4-3-7-21(22)16-26(31)28(33)30-13-11-20(12-14-30)24-17-29-25-10-6-5-9-23(24)25/h3-11,17,19,26,29H,12-16,18H2,1-2H3. The van der Waals surface area contributed by atoms with Gasteiger partial charge < -0.3 is 14.8 Å². The van der Waals surface area contributed by atoms with Gasteiger partial charge in [0.1, 0.15) is 6.04 Å². The van der Waals surface area contributed by atoms with Crippen molar-refractivity contribution in [1.29, 1.82) is 0 Å². The van der Waals surface area contributed by atoms with Gasteiger partial charge in [-0.3, -0.25) is 9.59 Å². The van der Waals surface area contributed by atoms with Gasteiger partial charge >= 0.3 is 0 Å². The summed E-state index contributed by atoms with van der Waals surface area (Å²) in [5, 5.41) is 1.22. The number of carbonyl (C=O) groups excluding carboxylic acids is 2. The van der Waals surface area contributed by atoms with Crippen LogP contribution < -0.4 is 0 Å². The third-order valence-electron chi connectivity index (χ3n) is 6.89. The summed E-state index contributed by atoms with van der Waals surface area (Å²) in [6, 6.07) is 16.1. The molecule has 5 rings (SSSR count). The average Bonchev–Trinajstić information content (AvgIpc) is 3.26. The van der Waals surface area contributed by atoms with E-state index in [1.165, 1.54) is 22.1 Å². The Morgan fingerprint density at radius 2 is 1.82 bits per heavy atom. The molecule has 33 heavy (non-hydrogen) atoms. The average molecular weight is 442 g/mol. The van der Waals surface area contributed by atoms with Crippen molar-refractivity contribution in [1.82, 2.24) is 14.8 Å². The molecule has 0 saturated heterocycles. The molecule has 3 aromatic rings. The largest absolute Gasteiger partial charge is 0.361 e. The van der Waals surface area contributed by atoms with Crippen molar-refractivity contribution < 1.29 is 9.59 Å². The molecule has 0 aliphatic carbocycles. The summed E-state index contributed by atoms with van der Waals surface area (Å²) >= 11 is 0. The Morgan fingerprint density at radius 1 is 1.06 bits per heavy atom. The topological polar surface area (TPSA) is 56.4 Å². The van der Waals surface area contributed by atoms with Crippen molar-refractivity contribution in [2.75, 3.05) is 13.1 Å². The van der Waals surface area contributed by atoms with E-state index in [2.05, 4.69) is 47.6 Å².